The van der Waals surface area contributed by atoms with Crippen LogP contribution in [0.5, 0.6) is 5.75 Å². The molecule has 0 atom stereocenters. The van der Waals surface area contributed by atoms with E-state index in [2.05, 4.69) is 0 Å². The van der Waals surface area contributed by atoms with Crippen molar-refractivity contribution in [1.82, 2.24) is 14.5 Å². The van der Waals surface area contributed by atoms with Crippen molar-refractivity contribution in [3.63, 3.8) is 0 Å². The Labute approximate surface area is 221 Å². The van der Waals surface area contributed by atoms with Gasteiger partial charge in [0.15, 0.2) is 5.16 Å². The Morgan fingerprint density at radius 3 is 2.62 bits per heavy atom. The first-order valence-electron chi connectivity index (χ1n) is 11.7. The van der Waals surface area contributed by atoms with Gasteiger partial charge in [-0.2, -0.15) is 0 Å². The summed E-state index contributed by atoms with van der Waals surface area (Å²) in [7, 11) is 2.92. The first-order valence-corrected chi connectivity index (χ1v) is 13.5. The SMILES string of the molecule is COC(=O)c1ccc(OC)c(CSc2nc3sc4c(c3c(=O)n2-c2ccccc2)CCN(C(C)=O)C4)c1. The topological polar surface area (TPSA) is 90.7 Å². The van der Waals surface area contributed by atoms with Gasteiger partial charge in [0.25, 0.3) is 5.56 Å². The molecule has 0 aliphatic carbocycles. The normalized spacial score (nSPS) is 12.9. The fourth-order valence-corrected chi connectivity index (χ4v) is 6.74. The van der Waals surface area contributed by atoms with Gasteiger partial charge in [-0.1, -0.05) is 30.0 Å². The predicted molar refractivity (Wildman–Crippen MR) is 144 cm³/mol. The van der Waals surface area contributed by atoms with Crippen LogP contribution in [0, 0.1) is 0 Å². The predicted octanol–water partition coefficient (Wildman–Crippen LogP) is 4.44. The Morgan fingerprint density at radius 1 is 1.14 bits per heavy atom. The Morgan fingerprint density at radius 2 is 1.92 bits per heavy atom. The molecule has 0 radical (unpaired) electrons. The zero-order valence-corrected chi connectivity index (χ0v) is 22.3. The number of carbonyl (C=O) groups is 2. The van der Waals surface area contributed by atoms with Crippen molar-refractivity contribution < 1.29 is 19.1 Å². The van der Waals surface area contributed by atoms with Gasteiger partial charge in [0.05, 0.1) is 37.4 Å². The number of aromatic nitrogens is 2. The number of hydrogen-bond donors (Lipinski definition) is 0. The molecule has 3 heterocycles. The maximum Gasteiger partial charge on any atom is 0.337 e. The zero-order valence-electron chi connectivity index (χ0n) is 20.6. The number of thiophene rings is 1. The van der Waals surface area contributed by atoms with E-state index in [-0.39, 0.29) is 11.5 Å². The summed E-state index contributed by atoms with van der Waals surface area (Å²) in [6.45, 7) is 2.65. The summed E-state index contributed by atoms with van der Waals surface area (Å²) in [5, 5.41) is 1.16. The highest BCUT2D eigenvalue weighted by Crippen LogP contribution is 2.35. The number of para-hydroxylation sites is 1. The minimum atomic E-state index is -0.432. The third kappa shape index (κ3) is 4.74. The van der Waals surface area contributed by atoms with E-state index in [1.165, 1.54) is 30.2 Å². The first-order chi connectivity index (χ1) is 17.9. The van der Waals surface area contributed by atoms with Crippen LogP contribution >= 0.6 is 23.1 Å². The number of amides is 1. The monoisotopic (exact) mass is 535 g/mol. The van der Waals surface area contributed by atoms with Crippen LogP contribution in [0.4, 0.5) is 0 Å². The molecule has 0 spiro atoms. The molecule has 0 fully saturated rings. The number of fused-ring (bicyclic) bond motifs is 3. The van der Waals surface area contributed by atoms with Crippen LogP contribution in [-0.2, 0) is 28.2 Å². The Balaban J connectivity index is 1.60. The highest BCUT2D eigenvalue weighted by Gasteiger charge is 2.26. The van der Waals surface area contributed by atoms with Crippen molar-refractivity contribution in [3.8, 4) is 11.4 Å². The molecule has 0 saturated carbocycles. The lowest BCUT2D eigenvalue weighted by molar-refractivity contribution is -0.129. The van der Waals surface area contributed by atoms with Gasteiger partial charge in [-0.25, -0.2) is 9.78 Å². The van der Waals surface area contributed by atoms with Crippen LogP contribution in [-0.4, -0.2) is 47.1 Å². The molecule has 5 rings (SSSR count). The molecule has 8 nitrogen and oxygen atoms in total. The number of carbonyl (C=O) groups excluding carboxylic acids is 2. The average molecular weight is 536 g/mol. The van der Waals surface area contributed by atoms with Gasteiger partial charge in [0.1, 0.15) is 10.6 Å². The summed E-state index contributed by atoms with van der Waals surface area (Å²) in [5.41, 5.74) is 2.79. The van der Waals surface area contributed by atoms with Crippen LogP contribution in [0.2, 0.25) is 0 Å². The van der Waals surface area contributed by atoms with Crippen LogP contribution in [0.3, 0.4) is 0 Å². The number of methoxy groups -OCH3 is 2. The lowest BCUT2D eigenvalue weighted by Gasteiger charge is -2.25. The number of benzene rings is 2. The summed E-state index contributed by atoms with van der Waals surface area (Å²) in [6, 6.07) is 14.6. The second kappa shape index (κ2) is 10.4. The number of nitrogens with zero attached hydrogens (tertiary/aromatic N) is 3. The first kappa shape index (κ1) is 25.0. The van der Waals surface area contributed by atoms with Crippen molar-refractivity contribution in [2.45, 2.75) is 30.8 Å². The van der Waals surface area contributed by atoms with Gasteiger partial charge < -0.3 is 14.4 Å². The molecular weight excluding hydrogens is 510 g/mol. The van der Waals surface area contributed by atoms with E-state index in [9.17, 15) is 14.4 Å². The van der Waals surface area contributed by atoms with Gasteiger partial charge in [-0.3, -0.25) is 14.2 Å². The fourth-order valence-electron chi connectivity index (χ4n) is 4.47. The van der Waals surface area contributed by atoms with Crippen molar-refractivity contribution >= 4 is 45.2 Å². The van der Waals surface area contributed by atoms with Crippen molar-refractivity contribution in [3.05, 3.63) is 80.5 Å². The Kier molecular flexibility index (Phi) is 7.03. The Bertz CT molecular complexity index is 1560. The quantitative estimate of drug-likeness (QED) is 0.205. The molecule has 2 aromatic carbocycles. The zero-order chi connectivity index (χ0) is 26.1. The molecule has 1 amide bonds. The second-order valence-corrected chi connectivity index (χ2v) is 10.6. The summed E-state index contributed by atoms with van der Waals surface area (Å²) in [4.78, 5) is 46.4. The minimum Gasteiger partial charge on any atom is -0.496 e. The molecule has 190 valence electrons. The molecular formula is C27H25N3O5S2. The van der Waals surface area contributed by atoms with Crippen LogP contribution < -0.4 is 10.3 Å². The maximum atomic E-state index is 14.0. The van der Waals surface area contributed by atoms with Gasteiger partial charge in [-0.05, 0) is 42.3 Å². The fraction of sp³-hybridized carbons (Fsp3) is 0.259. The summed E-state index contributed by atoms with van der Waals surface area (Å²) in [6.07, 6.45) is 0.630. The number of hydrogen-bond acceptors (Lipinski definition) is 8. The smallest absolute Gasteiger partial charge is 0.337 e. The maximum absolute atomic E-state index is 14.0. The van der Waals surface area contributed by atoms with Crippen LogP contribution in [0.25, 0.3) is 15.9 Å². The third-order valence-corrected chi connectivity index (χ3v) is 8.46. The van der Waals surface area contributed by atoms with Crippen LogP contribution in [0.15, 0.2) is 58.5 Å². The van der Waals surface area contributed by atoms with Crippen molar-refractivity contribution in [1.29, 1.82) is 0 Å². The molecule has 0 unspecified atom stereocenters. The number of ether oxygens (including phenoxy) is 2. The molecule has 4 aromatic rings. The lowest BCUT2D eigenvalue weighted by atomic mass is 10.1. The van der Waals surface area contributed by atoms with Gasteiger partial charge in [0.2, 0.25) is 5.91 Å². The average Bonchev–Trinajstić information content (AvgIpc) is 3.29. The van der Waals surface area contributed by atoms with E-state index in [0.29, 0.717) is 51.9 Å². The van der Waals surface area contributed by atoms with Crippen molar-refractivity contribution in [2.24, 2.45) is 0 Å². The molecule has 2 aromatic heterocycles. The van der Waals surface area contributed by atoms with E-state index < -0.39 is 5.97 Å². The largest absolute Gasteiger partial charge is 0.496 e. The third-order valence-electron chi connectivity index (χ3n) is 6.36. The summed E-state index contributed by atoms with van der Waals surface area (Å²) in [5.74, 6) is 0.642. The van der Waals surface area contributed by atoms with E-state index in [4.69, 9.17) is 14.5 Å². The standard InChI is InChI=1S/C27H25N3O5S2/c1-16(31)29-12-11-20-22(14-29)37-24-23(20)25(32)30(19-7-5-4-6-8-19)27(28-24)36-15-18-13-17(26(33)35-3)9-10-21(18)34-2/h4-10,13H,11-12,14-15H2,1-3H3. The molecule has 10 heteroatoms. The van der Waals surface area contributed by atoms with Gasteiger partial charge in [-0.15, -0.1) is 11.3 Å². The molecule has 1 aliphatic heterocycles. The molecule has 1 aliphatic rings. The summed E-state index contributed by atoms with van der Waals surface area (Å²) < 4.78 is 12.0. The number of esters is 1. The molecule has 37 heavy (non-hydrogen) atoms. The van der Waals surface area contributed by atoms with Crippen LogP contribution in [0.1, 0.15) is 33.3 Å². The minimum absolute atomic E-state index is 0.0251. The highest BCUT2D eigenvalue weighted by atomic mass is 32.2. The van der Waals surface area contributed by atoms with Gasteiger partial charge in [0, 0.05) is 29.7 Å². The lowest BCUT2D eigenvalue weighted by Crippen LogP contribution is -2.34. The summed E-state index contributed by atoms with van der Waals surface area (Å²) >= 11 is 2.87. The second-order valence-electron chi connectivity index (χ2n) is 8.55. The Hall–Kier alpha value is -3.63. The van der Waals surface area contributed by atoms with Crippen molar-refractivity contribution in [2.75, 3.05) is 20.8 Å². The number of thioether (sulfide) groups is 1. The van der Waals surface area contributed by atoms with E-state index in [1.54, 1.807) is 41.7 Å². The van der Waals surface area contributed by atoms with E-state index in [1.807, 2.05) is 30.3 Å². The highest BCUT2D eigenvalue weighted by molar-refractivity contribution is 7.98. The van der Waals surface area contributed by atoms with Gasteiger partial charge >= 0.3 is 5.97 Å². The van der Waals surface area contributed by atoms with E-state index in [0.717, 1.165) is 21.7 Å². The van der Waals surface area contributed by atoms with E-state index >= 15 is 0 Å². The molecule has 0 saturated heterocycles. The molecule has 0 N–H and O–H groups in total. The number of rotatable bonds is 6. The molecule has 0 bridgehead atoms.